The number of rotatable bonds is 4. The molecule has 1 aliphatic heterocycles. The fraction of sp³-hybridized carbons (Fsp3) is 0.615. The van der Waals surface area contributed by atoms with Gasteiger partial charge >= 0.3 is 5.97 Å². The van der Waals surface area contributed by atoms with Crippen LogP contribution in [0.25, 0.3) is 0 Å². The van der Waals surface area contributed by atoms with Gasteiger partial charge in [0.2, 0.25) is 5.95 Å². The van der Waals surface area contributed by atoms with E-state index in [1.54, 1.807) is 0 Å². The zero-order chi connectivity index (χ0) is 13.7. The third-order valence-electron chi connectivity index (χ3n) is 3.48. The van der Waals surface area contributed by atoms with E-state index in [2.05, 4.69) is 32.0 Å². The average Bonchev–Trinajstić information content (AvgIpc) is 2.46. The van der Waals surface area contributed by atoms with Crippen LogP contribution in [0.5, 0.6) is 0 Å². The second-order valence-corrected chi connectivity index (χ2v) is 4.85. The number of anilines is 1. The largest absolute Gasteiger partial charge is 0.468 e. The summed E-state index contributed by atoms with van der Waals surface area (Å²) in [4.78, 5) is 21.8. The van der Waals surface area contributed by atoms with Crippen molar-refractivity contribution < 1.29 is 9.53 Å². The van der Waals surface area contributed by atoms with E-state index < -0.39 is 0 Å². The Kier molecular flexibility index (Phi) is 4.68. The smallest absolute Gasteiger partial charge is 0.325 e. The first-order valence-corrected chi connectivity index (χ1v) is 6.50. The van der Waals surface area contributed by atoms with E-state index in [0.29, 0.717) is 11.9 Å². The number of piperidine rings is 1. The quantitative estimate of drug-likeness (QED) is 0.814. The Morgan fingerprint density at radius 1 is 1.42 bits per heavy atom. The number of nitrogens with zero attached hydrogens (tertiary/aromatic N) is 3. The Morgan fingerprint density at radius 3 is 2.63 bits per heavy atom. The number of aromatic nitrogens is 2. The van der Waals surface area contributed by atoms with Gasteiger partial charge in [0.1, 0.15) is 6.54 Å². The molecule has 0 spiro atoms. The van der Waals surface area contributed by atoms with Gasteiger partial charge in [-0.3, -0.25) is 4.79 Å². The normalized spacial score (nSPS) is 17.2. The van der Waals surface area contributed by atoms with Crippen molar-refractivity contribution in [1.82, 2.24) is 14.9 Å². The lowest BCUT2D eigenvalue weighted by Crippen LogP contribution is -2.29. The molecule has 1 fully saturated rings. The van der Waals surface area contributed by atoms with Crippen LogP contribution in [0.4, 0.5) is 5.95 Å². The molecule has 0 atom stereocenters. The van der Waals surface area contributed by atoms with E-state index in [1.165, 1.54) is 12.7 Å². The Balaban J connectivity index is 1.89. The molecule has 0 unspecified atom stereocenters. The van der Waals surface area contributed by atoms with Crippen LogP contribution in [0.1, 0.15) is 24.3 Å². The minimum atomic E-state index is -0.331. The van der Waals surface area contributed by atoms with Crippen LogP contribution in [0.15, 0.2) is 12.4 Å². The first-order valence-electron chi connectivity index (χ1n) is 6.50. The first kappa shape index (κ1) is 13.7. The highest BCUT2D eigenvalue weighted by Gasteiger charge is 2.18. The fourth-order valence-electron chi connectivity index (χ4n) is 2.21. The fourth-order valence-corrected chi connectivity index (χ4v) is 2.21. The molecule has 1 N–H and O–H groups in total. The van der Waals surface area contributed by atoms with Crippen LogP contribution >= 0.6 is 0 Å². The minimum Gasteiger partial charge on any atom is -0.468 e. The predicted octanol–water partition coefficient (Wildman–Crippen LogP) is 0.871. The standard InChI is InChI=1S/C13H20N4O2/c1-17-5-3-10(4-6-17)11-7-14-13(15-8-11)16-9-12(18)19-2/h7-8,10H,3-6,9H2,1-2H3,(H,14,15,16). The topological polar surface area (TPSA) is 67.3 Å². The minimum absolute atomic E-state index is 0.0874. The van der Waals surface area contributed by atoms with E-state index in [4.69, 9.17) is 0 Å². The van der Waals surface area contributed by atoms with Crippen molar-refractivity contribution in [3.8, 4) is 0 Å². The molecule has 2 rings (SSSR count). The van der Waals surface area contributed by atoms with Gasteiger partial charge in [0.25, 0.3) is 0 Å². The van der Waals surface area contributed by atoms with Gasteiger partial charge in [0, 0.05) is 12.4 Å². The Bertz CT molecular complexity index is 413. The third kappa shape index (κ3) is 3.89. The van der Waals surface area contributed by atoms with Gasteiger partial charge < -0.3 is 15.0 Å². The van der Waals surface area contributed by atoms with Crippen molar-refractivity contribution in [2.75, 3.05) is 39.1 Å². The highest BCUT2D eigenvalue weighted by Crippen LogP contribution is 2.26. The number of carbonyl (C=O) groups is 1. The molecule has 2 heterocycles. The Hall–Kier alpha value is -1.69. The summed E-state index contributed by atoms with van der Waals surface area (Å²) in [7, 11) is 3.50. The van der Waals surface area contributed by atoms with Crippen LogP contribution in [0.2, 0.25) is 0 Å². The summed E-state index contributed by atoms with van der Waals surface area (Å²) < 4.78 is 4.54. The van der Waals surface area contributed by atoms with Gasteiger partial charge in [-0.15, -0.1) is 0 Å². The lowest BCUT2D eigenvalue weighted by atomic mass is 9.92. The zero-order valence-electron chi connectivity index (χ0n) is 11.4. The molecule has 6 heteroatoms. The highest BCUT2D eigenvalue weighted by atomic mass is 16.5. The van der Waals surface area contributed by atoms with E-state index in [-0.39, 0.29) is 12.5 Å². The SMILES string of the molecule is COC(=O)CNc1ncc(C2CCN(C)CC2)cn1. The predicted molar refractivity (Wildman–Crippen MR) is 72.0 cm³/mol. The summed E-state index contributed by atoms with van der Waals surface area (Å²) in [6.45, 7) is 2.32. The van der Waals surface area contributed by atoms with E-state index in [1.807, 2.05) is 12.4 Å². The molecule has 104 valence electrons. The van der Waals surface area contributed by atoms with Gasteiger partial charge in [-0.2, -0.15) is 0 Å². The number of nitrogens with one attached hydrogen (secondary N) is 1. The van der Waals surface area contributed by atoms with Crippen molar-refractivity contribution >= 4 is 11.9 Å². The van der Waals surface area contributed by atoms with Gasteiger partial charge in [-0.05, 0) is 44.5 Å². The number of hydrogen-bond acceptors (Lipinski definition) is 6. The van der Waals surface area contributed by atoms with Gasteiger partial charge in [0.15, 0.2) is 0 Å². The molecule has 0 bridgehead atoms. The van der Waals surface area contributed by atoms with Crippen LogP contribution in [-0.2, 0) is 9.53 Å². The summed E-state index contributed by atoms with van der Waals surface area (Å²) in [5, 5.41) is 2.83. The molecular weight excluding hydrogens is 244 g/mol. The maximum absolute atomic E-state index is 11.0. The molecule has 0 aliphatic carbocycles. The molecule has 1 aromatic rings. The van der Waals surface area contributed by atoms with Crippen molar-refractivity contribution in [3.05, 3.63) is 18.0 Å². The van der Waals surface area contributed by atoms with Crippen molar-refractivity contribution in [3.63, 3.8) is 0 Å². The molecule has 19 heavy (non-hydrogen) atoms. The van der Waals surface area contributed by atoms with E-state index in [9.17, 15) is 4.79 Å². The summed E-state index contributed by atoms with van der Waals surface area (Å²) in [6, 6.07) is 0. The van der Waals surface area contributed by atoms with Crippen LogP contribution in [0, 0.1) is 0 Å². The molecular formula is C13H20N4O2. The molecule has 0 radical (unpaired) electrons. The maximum Gasteiger partial charge on any atom is 0.325 e. The van der Waals surface area contributed by atoms with Crippen LogP contribution in [-0.4, -0.2) is 54.6 Å². The summed E-state index contributed by atoms with van der Waals surface area (Å²) in [5.41, 5.74) is 1.18. The monoisotopic (exact) mass is 264 g/mol. The number of methoxy groups -OCH3 is 1. The van der Waals surface area contributed by atoms with Gasteiger partial charge in [-0.25, -0.2) is 9.97 Å². The maximum atomic E-state index is 11.0. The molecule has 0 saturated carbocycles. The van der Waals surface area contributed by atoms with E-state index in [0.717, 1.165) is 25.9 Å². The number of ether oxygens (including phenoxy) is 1. The van der Waals surface area contributed by atoms with E-state index >= 15 is 0 Å². The summed E-state index contributed by atoms with van der Waals surface area (Å²) >= 11 is 0. The number of esters is 1. The molecule has 0 amide bonds. The van der Waals surface area contributed by atoms with Crippen LogP contribution < -0.4 is 5.32 Å². The summed E-state index contributed by atoms with van der Waals surface area (Å²) in [6.07, 6.45) is 5.99. The van der Waals surface area contributed by atoms with Gasteiger partial charge in [-0.1, -0.05) is 0 Å². The number of hydrogen-bond donors (Lipinski definition) is 1. The average molecular weight is 264 g/mol. The molecule has 1 aromatic heterocycles. The van der Waals surface area contributed by atoms with Crippen molar-refractivity contribution in [2.45, 2.75) is 18.8 Å². The first-order chi connectivity index (χ1) is 9.19. The highest BCUT2D eigenvalue weighted by molar-refractivity contribution is 5.73. The summed E-state index contributed by atoms with van der Waals surface area (Å²) in [5.74, 6) is 0.677. The van der Waals surface area contributed by atoms with Crippen molar-refractivity contribution in [2.24, 2.45) is 0 Å². The second-order valence-electron chi connectivity index (χ2n) is 4.85. The Morgan fingerprint density at radius 2 is 2.05 bits per heavy atom. The molecule has 0 aromatic carbocycles. The molecule has 1 aliphatic rings. The van der Waals surface area contributed by atoms with Gasteiger partial charge in [0.05, 0.1) is 7.11 Å². The number of likely N-dealkylation sites (tertiary alicyclic amines) is 1. The Labute approximate surface area is 113 Å². The lowest BCUT2D eigenvalue weighted by molar-refractivity contribution is -0.138. The number of carbonyl (C=O) groups excluding carboxylic acids is 1. The molecule has 1 saturated heterocycles. The lowest BCUT2D eigenvalue weighted by Gasteiger charge is -2.28. The third-order valence-corrected chi connectivity index (χ3v) is 3.48. The van der Waals surface area contributed by atoms with Crippen LogP contribution in [0.3, 0.4) is 0 Å². The zero-order valence-corrected chi connectivity index (χ0v) is 11.4. The second kappa shape index (κ2) is 6.47. The molecule has 6 nitrogen and oxygen atoms in total. The van der Waals surface area contributed by atoms with Crippen molar-refractivity contribution in [1.29, 1.82) is 0 Å².